The Morgan fingerprint density at radius 2 is 1.62 bits per heavy atom. The molecular weight excluding hydrogens is 228 g/mol. The van der Waals surface area contributed by atoms with Crippen LogP contribution in [0.2, 0.25) is 18.1 Å². The lowest BCUT2D eigenvalue weighted by Gasteiger charge is -2.35. The molecule has 1 saturated heterocycles. The SMILES string of the molecule is CCCCC[Si]1(CCCCC)CCCO[SiH2]1. The maximum atomic E-state index is 5.95. The Hall–Kier alpha value is 0.394. The van der Waals surface area contributed by atoms with Crippen LogP contribution in [-0.4, -0.2) is 23.5 Å². The molecule has 0 bridgehead atoms. The highest BCUT2D eigenvalue weighted by Crippen LogP contribution is 2.29. The van der Waals surface area contributed by atoms with E-state index in [0.29, 0.717) is 0 Å². The van der Waals surface area contributed by atoms with Crippen LogP contribution in [0, 0.1) is 0 Å². The van der Waals surface area contributed by atoms with Crippen LogP contribution in [0.5, 0.6) is 0 Å². The second-order valence-electron chi connectivity index (χ2n) is 5.57. The molecule has 1 nitrogen and oxygen atoms in total. The van der Waals surface area contributed by atoms with E-state index in [1.807, 2.05) is 0 Å². The van der Waals surface area contributed by atoms with E-state index in [1.54, 1.807) is 18.1 Å². The predicted octanol–water partition coefficient (Wildman–Crippen LogP) is 3.82. The molecule has 0 aliphatic carbocycles. The van der Waals surface area contributed by atoms with Gasteiger partial charge in [-0.25, -0.2) is 0 Å². The summed E-state index contributed by atoms with van der Waals surface area (Å²) in [6, 6.07) is 4.83. The van der Waals surface area contributed by atoms with Crippen molar-refractivity contribution in [2.24, 2.45) is 0 Å². The first-order chi connectivity index (χ1) is 7.83. The maximum absolute atomic E-state index is 5.95. The molecule has 96 valence electrons. The van der Waals surface area contributed by atoms with Gasteiger partial charge in [-0.15, -0.1) is 0 Å². The van der Waals surface area contributed by atoms with Gasteiger partial charge in [-0.05, 0) is 6.42 Å². The van der Waals surface area contributed by atoms with Crippen LogP contribution in [0.4, 0.5) is 0 Å². The third-order valence-electron chi connectivity index (χ3n) is 4.03. The summed E-state index contributed by atoms with van der Waals surface area (Å²) < 4.78 is 5.95. The lowest BCUT2D eigenvalue weighted by Crippen LogP contribution is -2.46. The first-order valence-corrected chi connectivity index (χ1v) is 12.9. The quantitative estimate of drug-likeness (QED) is 0.475. The smallest absolute Gasteiger partial charge is 0.151 e. The average molecular weight is 259 g/mol. The summed E-state index contributed by atoms with van der Waals surface area (Å²) in [4.78, 5) is 0. The fourth-order valence-corrected chi connectivity index (χ4v) is 13.1. The molecule has 1 heterocycles. The van der Waals surface area contributed by atoms with Crippen molar-refractivity contribution >= 4 is 16.9 Å². The second kappa shape index (κ2) is 8.48. The number of hydrogen-bond acceptors (Lipinski definition) is 1. The van der Waals surface area contributed by atoms with E-state index in [2.05, 4.69) is 13.8 Å². The molecule has 1 aliphatic heterocycles. The molecule has 0 spiro atoms. The molecule has 3 heteroatoms. The highest BCUT2D eigenvalue weighted by atomic mass is 29.2. The summed E-state index contributed by atoms with van der Waals surface area (Å²) in [6.45, 7) is 5.74. The van der Waals surface area contributed by atoms with Crippen molar-refractivity contribution in [2.45, 2.75) is 76.9 Å². The standard InChI is InChI=1S/C13H30OSi2/c1-3-5-7-11-16(12-8-6-4-2)13-9-10-14-15-16/h3-13,15H2,1-2H3. The second-order valence-corrected chi connectivity index (χ2v) is 16.1. The van der Waals surface area contributed by atoms with Gasteiger partial charge in [-0.2, -0.15) is 0 Å². The van der Waals surface area contributed by atoms with Crippen molar-refractivity contribution < 1.29 is 4.43 Å². The molecule has 1 rings (SSSR count). The highest BCUT2D eigenvalue weighted by molar-refractivity contribution is 7.22. The van der Waals surface area contributed by atoms with E-state index < -0.39 is 7.59 Å². The van der Waals surface area contributed by atoms with E-state index >= 15 is 0 Å². The Balaban J connectivity index is 2.33. The minimum absolute atomic E-state index is 0.101. The van der Waals surface area contributed by atoms with Crippen molar-refractivity contribution in [3.05, 3.63) is 0 Å². The molecule has 1 fully saturated rings. The van der Waals surface area contributed by atoms with Gasteiger partial charge >= 0.3 is 0 Å². The Morgan fingerprint density at radius 1 is 1.00 bits per heavy atom. The summed E-state index contributed by atoms with van der Waals surface area (Å²) in [7, 11) is -0.942. The van der Waals surface area contributed by atoms with Gasteiger partial charge in [0, 0.05) is 6.61 Å². The van der Waals surface area contributed by atoms with Crippen LogP contribution in [0.25, 0.3) is 0 Å². The van der Waals surface area contributed by atoms with Crippen molar-refractivity contribution in [1.82, 2.24) is 0 Å². The van der Waals surface area contributed by atoms with Crippen molar-refractivity contribution in [2.75, 3.05) is 6.61 Å². The summed E-state index contributed by atoms with van der Waals surface area (Å²) in [5, 5.41) is 0. The Bertz CT molecular complexity index is 155. The van der Waals surface area contributed by atoms with Crippen LogP contribution in [0.1, 0.15) is 58.8 Å². The predicted molar refractivity (Wildman–Crippen MR) is 78.3 cm³/mol. The molecule has 0 aromatic heterocycles. The molecule has 1 aliphatic rings. The molecule has 0 N–H and O–H groups in total. The zero-order valence-electron chi connectivity index (χ0n) is 11.4. The number of hydrogen-bond donors (Lipinski definition) is 0. The molecular formula is C13H30OSi2. The van der Waals surface area contributed by atoms with Gasteiger partial charge in [0.15, 0.2) is 9.28 Å². The molecule has 0 amide bonds. The largest absolute Gasteiger partial charge is 0.427 e. The molecule has 0 radical (unpaired) electrons. The zero-order chi connectivity index (χ0) is 11.7. The summed E-state index contributed by atoms with van der Waals surface area (Å²) >= 11 is 0. The van der Waals surface area contributed by atoms with E-state index in [9.17, 15) is 0 Å². The van der Waals surface area contributed by atoms with Crippen molar-refractivity contribution in [3.8, 4) is 0 Å². The third kappa shape index (κ3) is 5.15. The minimum atomic E-state index is -0.840. The maximum Gasteiger partial charge on any atom is 0.151 e. The summed E-state index contributed by atoms with van der Waals surface area (Å²) in [5.41, 5.74) is 0. The third-order valence-corrected chi connectivity index (χ3v) is 15.0. The average Bonchev–Trinajstić information content (AvgIpc) is 2.31. The van der Waals surface area contributed by atoms with Crippen molar-refractivity contribution in [1.29, 1.82) is 0 Å². The lowest BCUT2D eigenvalue weighted by atomic mass is 10.3. The lowest BCUT2D eigenvalue weighted by molar-refractivity contribution is 0.332. The normalized spacial score (nSPS) is 21.4. The van der Waals surface area contributed by atoms with Crippen LogP contribution in [0.3, 0.4) is 0 Å². The summed E-state index contributed by atoms with van der Waals surface area (Å²) in [6.07, 6.45) is 10.1. The fraction of sp³-hybridized carbons (Fsp3) is 1.00. The number of rotatable bonds is 8. The van der Waals surface area contributed by atoms with Crippen molar-refractivity contribution in [3.63, 3.8) is 0 Å². The Kier molecular flexibility index (Phi) is 7.66. The van der Waals surface area contributed by atoms with Crippen LogP contribution < -0.4 is 0 Å². The molecule has 0 atom stereocenters. The monoisotopic (exact) mass is 258 g/mol. The van der Waals surface area contributed by atoms with Gasteiger partial charge in [-0.1, -0.05) is 70.5 Å². The Labute approximate surface area is 105 Å². The molecule has 0 aromatic carbocycles. The van der Waals surface area contributed by atoms with Crippen LogP contribution in [0.15, 0.2) is 0 Å². The highest BCUT2D eigenvalue weighted by Gasteiger charge is 2.34. The van der Waals surface area contributed by atoms with Gasteiger partial charge in [0.05, 0.1) is 7.59 Å². The van der Waals surface area contributed by atoms with Crippen LogP contribution in [-0.2, 0) is 4.43 Å². The fourth-order valence-electron chi connectivity index (χ4n) is 2.93. The molecule has 0 saturated carbocycles. The van der Waals surface area contributed by atoms with E-state index in [1.165, 1.54) is 44.9 Å². The number of unbranched alkanes of at least 4 members (excludes halogenated alkanes) is 4. The molecule has 0 aromatic rings. The molecule has 0 unspecified atom stereocenters. The first-order valence-electron chi connectivity index (χ1n) is 7.41. The van der Waals surface area contributed by atoms with E-state index in [-0.39, 0.29) is 9.28 Å². The van der Waals surface area contributed by atoms with E-state index in [4.69, 9.17) is 4.43 Å². The van der Waals surface area contributed by atoms with Gasteiger partial charge in [-0.3, -0.25) is 0 Å². The van der Waals surface area contributed by atoms with Gasteiger partial charge in [0.2, 0.25) is 0 Å². The topological polar surface area (TPSA) is 9.23 Å². The molecule has 16 heavy (non-hydrogen) atoms. The van der Waals surface area contributed by atoms with Gasteiger partial charge in [0.25, 0.3) is 0 Å². The minimum Gasteiger partial charge on any atom is -0.427 e. The van der Waals surface area contributed by atoms with Crippen LogP contribution >= 0.6 is 0 Å². The van der Waals surface area contributed by atoms with Gasteiger partial charge < -0.3 is 4.43 Å². The van der Waals surface area contributed by atoms with Gasteiger partial charge in [0.1, 0.15) is 0 Å². The van der Waals surface area contributed by atoms with E-state index in [0.717, 1.165) is 6.61 Å². The first kappa shape index (κ1) is 14.5. The summed E-state index contributed by atoms with van der Waals surface area (Å²) in [5.74, 6) is 0. The zero-order valence-corrected chi connectivity index (χ0v) is 13.8. The Morgan fingerprint density at radius 3 is 2.06 bits per heavy atom.